The number of hydrogen-bond donors (Lipinski definition) is 0. The number of carbonyl (C=O) groups is 2. The molecule has 0 atom stereocenters. The second kappa shape index (κ2) is 8.01. The van der Waals surface area contributed by atoms with Crippen molar-refractivity contribution in [3.63, 3.8) is 0 Å². The maximum atomic E-state index is 12.6. The minimum Gasteiger partial charge on any atom is -0.466 e. The molecule has 2 aliphatic heterocycles. The molecular weight excluding hydrogens is 414 g/mol. The average molecular weight is 448 g/mol. The third kappa shape index (κ3) is 4.06. The summed E-state index contributed by atoms with van der Waals surface area (Å²) in [5.41, 5.74) is -0.459. The molecule has 0 unspecified atom stereocenters. The molecule has 0 aromatic carbocycles. The summed E-state index contributed by atoms with van der Waals surface area (Å²) < 4.78 is 35.1. The number of methoxy groups -OCH3 is 2. The molecule has 2 saturated heterocycles. The Morgan fingerprint density at radius 2 is 0.875 bits per heavy atom. The Morgan fingerprint density at radius 1 is 0.625 bits per heavy atom. The summed E-state index contributed by atoms with van der Waals surface area (Å²) in [5.74, 6) is -1.18. The third-order valence-corrected chi connectivity index (χ3v) is 7.45. The molecule has 10 heteroatoms. The van der Waals surface area contributed by atoms with Crippen LogP contribution in [0.2, 0.25) is 0 Å². The van der Waals surface area contributed by atoms with Gasteiger partial charge < -0.3 is 28.1 Å². The van der Waals surface area contributed by atoms with E-state index in [1.165, 1.54) is 14.2 Å². The Hall–Kier alpha value is -1.61. The summed E-state index contributed by atoms with van der Waals surface area (Å²) in [6, 6.07) is 0. The fraction of sp³-hybridized carbons (Fsp3) is 0.727. The fourth-order valence-electron chi connectivity index (χ4n) is 3.90. The summed E-state index contributed by atoms with van der Waals surface area (Å²) in [6.45, 7) is 15.7. The molecule has 0 N–H and O–H groups in total. The standard InChI is InChI=1S/C22H34B2O8/c1-19(2)20(3,4)30-23(29-19)15-11-13(17(25)27-9)14(18(26)28-10)12-16(15)24-31-21(5,6)22(7,8)32-24/h11-12H2,1-10H3. The molecule has 176 valence electrons. The number of allylic oxidation sites excluding steroid dienone is 2. The molecule has 0 spiro atoms. The van der Waals surface area contributed by atoms with E-state index in [1.54, 1.807) is 0 Å². The molecule has 1 aliphatic carbocycles. The van der Waals surface area contributed by atoms with E-state index in [4.69, 9.17) is 28.1 Å². The Balaban J connectivity index is 2.11. The minimum atomic E-state index is -0.729. The lowest BCUT2D eigenvalue weighted by Crippen LogP contribution is -2.41. The second-order valence-corrected chi connectivity index (χ2v) is 10.5. The van der Waals surface area contributed by atoms with Gasteiger partial charge >= 0.3 is 26.2 Å². The first kappa shape index (κ1) is 25.0. The molecule has 0 aromatic heterocycles. The molecule has 2 fully saturated rings. The Morgan fingerprint density at radius 3 is 1.09 bits per heavy atom. The predicted molar refractivity (Wildman–Crippen MR) is 119 cm³/mol. The number of rotatable bonds is 4. The molecule has 8 nitrogen and oxygen atoms in total. The van der Waals surface area contributed by atoms with Gasteiger partial charge in [-0.2, -0.15) is 0 Å². The van der Waals surface area contributed by atoms with E-state index in [1.807, 2.05) is 55.4 Å². The van der Waals surface area contributed by atoms with Crippen LogP contribution in [0.1, 0.15) is 68.2 Å². The summed E-state index contributed by atoms with van der Waals surface area (Å²) in [5, 5.41) is 0. The van der Waals surface area contributed by atoms with Crippen molar-refractivity contribution in [1.82, 2.24) is 0 Å². The molecule has 0 aromatic rings. The van der Waals surface area contributed by atoms with E-state index in [0.717, 1.165) is 0 Å². The zero-order chi connectivity index (χ0) is 24.3. The third-order valence-electron chi connectivity index (χ3n) is 7.45. The van der Waals surface area contributed by atoms with E-state index in [0.29, 0.717) is 10.9 Å². The molecule has 0 saturated carbocycles. The van der Waals surface area contributed by atoms with Crippen LogP contribution < -0.4 is 0 Å². The van der Waals surface area contributed by atoms with Crippen LogP contribution in [0.15, 0.2) is 22.1 Å². The number of carbonyl (C=O) groups excluding carboxylic acids is 2. The summed E-state index contributed by atoms with van der Waals surface area (Å²) in [6.07, 6.45) is 0.209. The van der Waals surface area contributed by atoms with Crippen LogP contribution >= 0.6 is 0 Å². The first-order valence-corrected chi connectivity index (χ1v) is 10.9. The van der Waals surface area contributed by atoms with Gasteiger partial charge in [0.05, 0.1) is 47.8 Å². The predicted octanol–water partition coefficient (Wildman–Crippen LogP) is 2.98. The van der Waals surface area contributed by atoms with E-state index < -0.39 is 48.6 Å². The van der Waals surface area contributed by atoms with Crippen LogP contribution in [0.3, 0.4) is 0 Å². The van der Waals surface area contributed by atoms with Gasteiger partial charge in [0.25, 0.3) is 0 Å². The Bertz CT molecular complexity index is 782. The van der Waals surface area contributed by atoms with Crippen LogP contribution in [0, 0.1) is 0 Å². The van der Waals surface area contributed by atoms with Gasteiger partial charge in [-0.25, -0.2) is 9.59 Å². The van der Waals surface area contributed by atoms with Gasteiger partial charge in [-0.05, 0) is 79.2 Å². The lowest BCUT2D eigenvalue weighted by Gasteiger charge is -2.32. The van der Waals surface area contributed by atoms with Crippen molar-refractivity contribution in [2.24, 2.45) is 0 Å². The first-order chi connectivity index (χ1) is 14.6. The van der Waals surface area contributed by atoms with Gasteiger partial charge in [-0.1, -0.05) is 0 Å². The van der Waals surface area contributed by atoms with Crippen molar-refractivity contribution in [2.45, 2.75) is 90.6 Å². The van der Waals surface area contributed by atoms with Crippen LogP contribution in [0.5, 0.6) is 0 Å². The summed E-state index contributed by atoms with van der Waals surface area (Å²) in [4.78, 5) is 25.2. The van der Waals surface area contributed by atoms with Crippen LogP contribution in [-0.4, -0.2) is 62.8 Å². The normalized spacial score (nSPS) is 25.9. The highest BCUT2D eigenvalue weighted by Gasteiger charge is 2.57. The number of esters is 2. The van der Waals surface area contributed by atoms with Crippen molar-refractivity contribution in [2.75, 3.05) is 14.2 Å². The summed E-state index contributed by atoms with van der Waals surface area (Å²) in [7, 11) is 1.11. The van der Waals surface area contributed by atoms with E-state index in [9.17, 15) is 9.59 Å². The van der Waals surface area contributed by atoms with E-state index in [2.05, 4.69) is 0 Å². The molecule has 3 aliphatic rings. The topological polar surface area (TPSA) is 89.5 Å². The van der Waals surface area contributed by atoms with Crippen molar-refractivity contribution in [1.29, 1.82) is 0 Å². The molecule has 0 amide bonds. The van der Waals surface area contributed by atoms with Crippen molar-refractivity contribution in [3.8, 4) is 0 Å². The van der Waals surface area contributed by atoms with Crippen LogP contribution in [-0.2, 0) is 37.7 Å². The minimum absolute atomic E-state index is 0.105. The lowest BCUT2D eigenvalue weighted by molar-refractivity contribution is -0.139. The smallest absolute Gasteiger partial charge is 0.466 e. The van der Waals surface area contributed by atoms with Crippen LogP contribution in [0.25, 0.3) is 0 Å². The maximum absolute atomic E-state index is 12.6. The molecule has 32 heavy (non-hydrogen) atoms. The first-order valence-electron chi connectivity index (χ1n) is 10.9. The molecule has 2 heterocycles. The van der Waals surface area contributed by atoms with Crippen molar-refractivity contribution in [3.05, 3.63) is 22.1 Å². The molecule has 0 bridgehead atoms. The zero-order valence-corrected chi connectivity index (χ0v) is 20.8. The molecule has 3 rings (SSSR count). The van der Waals surface area contributed by atoms with E-state index in [-0.39, 0.29) is 24.0 Å². The maximum Gasteiger partial charge on any atom is 0.490 e. The van der Waals surface area contributed by atoms with Gasteiger partial charge in [-0.3, -0.25) is 0 Å². The fourth-order valence-corrected chi connectivity index (χ4v) is 3.90. The monoisotopic (exact) mass is 448 g/mol. The molecule has 0 radical (unpaired) electrons. The SMILES string of the molecule is COC(=O)C1=C(C(=O)OC)CC(B2OC(C)(C)C(C)(C)O2)=C(B2OC(C)(C)C(C)(C)O2)C1. The van der Waals surface area contributed by atoms with Gasteiger partial charge in [0.2, 0.25) is 0 Å². The quantitative estimate of drug-likeness (QED) is 0.479. The van der Waals surface area contributed by atoms with Gasteiger partial charge in [-0.15, -0.1) is 0 Å². The second-order valence-electron chi connectivity index (χ2n) is 10.5. The summed E-state index contributed by atoms with van der Waals surface area (Å²) >= 11 is 0. The zero-order valence-electron chi connectivity index (χ0n) is 20.8. The van der Waals surface area contributed by atoms with Crippen LogP contribution in [0.4, 0.5) is 0 Å². The highest BCUT2D eigenvalue weighted by atomic mass is 16.7. The van der Waals surface area contributed by atoms with E-state index >= 15 is 0 Å². The average Bonchev–Trinajstić information content (AvgIpc) is 3.05. The van der Waals surface area contributed by atoms with Crippen molar-refractivity contribution < 1.29 is 37.7 Å². The van der Waals surface area contributed by atoms with Gasteiger partial charge in [0.15, 0.2) is 0 Å². The van der Waals surface area contributed by atoms with Gasteiger partial charge in [0.1, 0.15) is 0 Å². The highest BCUT2D eigenvalue weighted by molar-refractivity contribution is 6.62. The Kier molecular flexibility index (Phi) is 6.26. The highest BCUT2D eigenvalue weighted by Crippen LogP contribution is 2.46. The Labute approximate surface area is 191 Å². The van der Waals surface area contributed by atoms with Gasteiger partial charge in [0, 0.05) is 0 Å². The molecular formula is C22H34B2O8. The largest absolute Gasteiger partial charge is 0.490 e. The van der Waals surface area contributed by atoms with Crippen molar-refractivity contribution >= 4 is 26.2 Å². The number of ether oxygens (including phenoxy) is 2. The lowest BCUT2D eigenvalue weighted by atomic mass is 9.58. The number of hydrogen-bond acceptors (Lipinski definition) is 8.